The minimum atomic E-state index is -1.49. The fourth-order valence-corrected chi connectivity index (χ4v) is 1.17. The molecule has 1 aromatic carbocycles. The Morgan fingerprint density at radius 2 is 1.81 bits per heavy atom. The second kappa shape index (κ2) is 4.74. The number of hydrogen-bond acceptors (Lipinski definition) is 2. The van der Waals surface area contributed by atoms with E-state index in [2.05, 4.69) is 5.32 Å². The molecule has 0 atom stereocenters. The molecule has 0 aliphatic heterocycles. The van der Waals surface area contributed by atoms with E-state index in [-0.39, 0.29) is 12.2 Å². The van der Waals surface area contributed by atoms with Gasteiger partial charge < -0.3 is 10.4 Å². The average molecular weight is 233 g/mol. The van der Waals surface area contributed by atoms with Crippen LogP contribution >= 0.6 is 0 Å². The number of nitrogens with one attached hydrogen (secondary N) is 1. The van der Waals surface area contributed by atoms with Gasteiger partial charge in [0.05, 0.1) is 11.3 Å². The quantitative estimate of drug-likeness (QED) is 0.784. The number of aliphatic hydroxyl groups is 1. The van der Waals surface area contributed by atoms with Gasteiger partial charge in [0.2, 0.25) is 0 Å². The van der Waals surface area contributed by atoms with E-state index in [0.717, 1.165) is 12.1 Å². The smallest absolute Gasteiger partial charge is 0.196 e. The van der Waals surface area contributed by atoms with E-state index in [1.165, 1.54) is 0 Å². The molecule has 0 bridgehead atoms. The lowest BCUT2D eigenvalue weighted by Gasteiger charge is -2.17. The number of halogens is 3. The van der Waals surface area contributed by atoms with E-state index in [1.54, 1.807) is 13.8 Å². The van der Waals surface area contributed by atoms with Crippen LogP contribution in [0.1, 0.15) is 20.3 Å². The van der Waals surface area contributed by atoms with Gasteiger partial charge in [-0.15, -0.1) is 0 Å². The summed E-state index contributed by atoms with van der Waals surface area (Å²) >= 11 is 0. The molecule has 90 valence electrons. The van der Waals surface area contributed by atoms with Crippen molar-refractivity contribution in [2.75, 3.05) is 11.9 Å². The van der Waals surface area contributed by atoms with Crippen molar-refractivity contribution in [3.05, 3.63) is 29.6 Å². The molecule has 0 fully saturated rings. The maximum absolute atomic E-state index is 13.1. The standard InChI is InChI=1S/C11H14F3NO/c1-11(2,16)5-6-15-8-4-3-7(12)9(13)10(8)14/h3-4,15-16H,5-6H2,1-2H3. The molecule has 0 saturated carbocycles. The first-order valence-electron chi connectivity index (χ1n) is 4.91. The zero-order valence-corrected chi connectivity index (χ0v) is 9.15. The van der Waals surface area contributed by atoms with Crippen molar-refractivity contribution in [2.24, 2.45) is 0 Å². The van der Waals surface area contributed by atoms with E-state index in [4.69, 9.17) is 0 Å². The van der Waals surface area contributed by atoms with E-state index in [1.807, 2.05) is 0 Å². The molecule has 0 unspecified atom stereocenters. The van der Waals surface area contributed by atoms with E-state index < -0.39 is 23.1 Å². The molecule has 2 N–H and O–H groups in total. The van der Waals surface area contributed by atoms with Gasteiger partial charge in [0.15, 0.2) is 17.5 Å². The molecule has 1 rings (SSSR count). The zero-order chi connectivity index (χ0) is 12.3. The van der Waals surface area contributed by atoms with Crippen LogP contribution in [0.3, 0.4) is 0 Å². The van der Waals surface area contributed by atoms with Gasteiger partial charge in [-0.3, -0.25) is 0 Å². The molecule has 2 nitrogen and oxygen atoms in total. The van der Waals surface area contributed by atoms with Crippen molar-refractivity contribution in [3.63, 3.8) is 0 Å². The monoisotopic (exact) mass is 233 g/mol. The van der Waals surface area contributed by atoms with E-state index in [0.29, 0.717) is 6.42 Å². The second-order valence-electron chi connectivity index (χ2n) is 4.21. The third-order valence-corrected chi connectivity index (χ3v) is 2.09. The normalized spacial score (nSPS) is 11.6. The van der Waals surface area contributed by atoms with Crippen molar-refractivity contribution in [1.29, 1.82) is 0 Å². The fourth-order valence-electron chi connectivity index (χ4n) is 1.17. The lowest BCUT2D eigenvalue weighted by molar-refractivity contribution is 0.0748. The summed E-state index contributed by atoms with van der Waals surface area (Å²) in [5, 5.41) is 12.0. The van der Waals surface area contributed by atoms with Gasteiger partial charge in [0.25, 0.3) is 0 Å². The molecule has 0 saturated heterocycles. The third-order valence-electron chi connectivity index (χ3n) is 2.09. The zero-order valence-electron chi connectivity index (χ0n) is 9.15. The molecule has 0 radical (unpaired) electrons. The highest BCUT2D eigenvalue weighted by molar-refractivity contribution is 5.45. The Hall–Kier alpha value is -1.23. The van der Waals surface area contributed by atoms with Crippen molar-refractivity contribution < 1.29 is 18.3 Å². The summed E-state index contributed by atoms with van der Waals surface area (Å²) in [5.41, 5.74) is -0.995. The van der Waals surface area contributed by atoms with Crippen molar-refractivity contribution in [2.45, 2.75) is 25.9 Å². The molecule has 0 spiro atoms. The van der Waals surface area contributed by atoms with Crippen LogP contribution in [0.4, 0.5) is 18.9 Å². The Morgan fingerprint density at radius 1 is 1.19 bits per heavy atom. The van der Waals surface area contributed by atoms with Crippen LogP contribution in [0, 0.1) is 17.5 Å². The van der Waals surface area contributed by atoms with Crippen LogP contribution < -0.4 is 5.32 Å². The molecule has 5 heteroatoms. The Bertz CT molecular complexity index is 374. The molecule has 0 heterocycles. The molecular formula is C11H14F3NO. The van der Waals surface area contributed by atoms with Gasteiger partial charge in [0, 0.05) is 6.54 Å². The van der Waals surface area contributed by atoms with E-state index in [9.17, 15) is 18.3 Å². The number of rotatable bonds is 4. The predicted octanol–water partition coefficient (Wildman–Crippen LogP) is 2.68. The van der Waals surface area contributed by atoms with Gasteiger partial charge in [-0.25, -0.2) is 13.2 Å². The molecule has 16 heavy (non-hydrogen) atoms. The Balaban J connectivity index is 2.65. The molecular weight excluding hydrogens is 219 g/mol. The summed E-state index contributed by atoms with van der Waals surface area (Å²) in [6.45, 7) is 3.48. The highest BCUT2D eigenvalue weighted by Gasteiger charge is 2.15. The van der Waals surface area contributed by atoms with Crippen molar-refractivity contribution in [1.82, 2.24) is 0 Å². The summed E-state index contributed by atoms with van der Waals surface area (Å²) in [5.74, 6) is -3.95. The Morgan fingerprint density at radius 3 is 2.38 bits per heavy atom. The van der Waals surface area contributed by atoms with Crippen LogP contribution in [0.25, 0.3) is 0 Å². The van der Waals surface area contributed by atoms with Gasteiger partial charge in [0.1, 0.15) is 0 Å². The largest absolute Gasteiger partial charge is 0.390 e. The summed E-state index contributed by atoms with van der Waals surface area (Å²) in [4.78, 5) is 0. The van der Waals surface area contributed by atoms with Crippen molar-refractivity contribution >= 4 is 5.69 Å². The summed E-state index contributed by atoms with van der Waals surface area (Å²) in [6.07, 6.45) is 0.367. The lowest BCUT2D eigenvalue weighted by atomic mass is 10.1. The van der Waals surface area contributed by atoms with Crippen LogP contribution in [-0.4, -0.2) is 17.3 Å². The molecule has 0 aliphatic rings. The fraction of sp³-hybridized carbons (Fsp3) is 0.455. The Labute approximate surface area is 92.1 Å². The first-order chi connectivity index (χ1) is 7.31. The topological polar surface area (TPSA) is 32.3 Å². The molecule has 0 amide bonds. The average Bonchev–Trinajstić information content (AvgIpc) is 2.16. The maximum atomic E-state index is 13.1. The second-order valence-corrected chi connectivity index (χ2v) is 4.21. The maximum Gasteiger partial charge on any atom is 0.196 e. The number of anilines is 1. The minimum Gasteiger partial charge on any atom is -0.390 e. The highest BCUT2D eigenvalue weighted by atomic mass is 19.2. The summed E-state index contributed by atoms with van der Waals surface area (Å²) in [6, 6.07) is 1.98. The minimum absolute atomic E-state index is 0.108. The van der Waals surface area contributed by atoms with Crippen LogP contribution in [0.15, 0.2) is 12.1 Å². The number of benzene rings is 1. The first-order valence-corrected chi connectivity index (χ1v) is 4.91. The Kier molecular flexibility index (Phi) is 3.80. The lowest BCUT2D eigenvalue weighted by Crippen LogP contribution is -2.23. The van der Waals surface area contributed by atoms with Gasteiger partial charge in [-0.2, -0.15) is 0 Å². The highest BCUT2D eigenvalue weighted by Crippen LogP contribution is 2.20. The summed E-state index contributed by atoms with van der Waals surface area (Å²) in [7, 11) is 0. The van der Waals surface area contributed by atoms with E-state index >= 15 is 0 Å². The number of hydrogen-bond donors (Lipinski definition) is 2. The van der Waals surface area contributed by atoms with Gasteiger partial charge in [-0.1, -0.05) is 0 Å². The first kappa shape index (κ1) is 12.8. The molecule has 0 aromatic heterocycles. The van der Waals surface area contributed by atoms with Gasteiger partial charge >= 0.3 is 0 Å². The van der Waals surface area contributed by atoms with Crippen LogP contribution in [0.5, 0.6) is 0 Å². The predicted molar refractivity (Wildman–Crippen MR) is 55.7 cm³/mol. The molecule has 0 aliphatic carbocycles. The summed E-state index contributed by atoms with van der Waals surface area (Å²) < 4.78 is 38.5. The SMILES string of the molecule is CC(C)(O)CCNc1ccc(F)c(F)c1F. The third kappa shape index (κ3) is 3.41. The van der Waals surface area contributed by atoms with Crippen LogP contribution in [-0.2, 0) is 0 Å². The van der Waals surface area contributed by atoms with Crippen LogP contribution in [0.2, 0.25) is 0 Å². The van der Waals surface area contributed by atoms with Gasteiger partial charge in [-0.05, 0) is 32.4 Å². The van der Waals surface area contributed by atoms with Crippen molar-refractivity contribution in [3.8, 4) is 0 Å². The molecule has 1 aromatic rings.